The van der Waals surface area contributed by atoms with Crippen molar-refractivity contribution < 1.29 is 18.3 Å². The minimum Gasteiger partial charge on any atom is -0.435 e. The Morgan fingerprint density at radius 2 is 2.14 bits per heavy atom. The van der Waals surface area contributed by atoms with Crippen molar-refractivity contribution in [3.8, 4) is 5.75 Å². The molecule has 0 spiro atoms. The number of nitrogens with one attached hydrogen (secondary N) is 1. The Balaban J connectivity index is 1.65. The molecule has 3 nitrogen and oxygen atoms in total. The lowest BCUT2D eigenvalue weighted by Gasteiger charge is -2.15. The van der Waals surface area contributed by atoms with E-state index in [0.717, 1.165) is 37.7 Å². The van der Waals surface area contributed by atoms with Crippen LogP contribution in [-0.4, -0.2) is 26.4 Å². The van der Waals surface area contributed by atoms with Gasteiger partial charge in [0.1, 0.15) is 5.75 Å². The molecular formula is C16H23F2NO2. The highest BCUT2D eigenvalue weighted by Crippen LogP contribution is 2.28. The van der Waals surface area contributed by atoms with Gasteiger partial charge in [-0.05, 0) is 56.3 Å². The first-order valence-corrected chi connectivity index (χ1v) is 7.51. The minimum absolute atomic E-state index is 0.0923. The van der Waals surface area contributed by atoms with Gasteiger partial charge < -0.3 is 14.8 Å². The van der Waals surface area contributed by atoms with E-state index in [1.807, 2.05) is 13.0 Å². The quantitative estimate of drug-likeness (QED) is 0.667. The van der Waals surface area contributed by atoms with Crippen LogP contribution in [0.25, 0.3) is 0 Å². The first-order chi connectivity index (χ1) is 10.1. The zero-order chi connectivity index (χ0) is 15.1. The molecule has 21 heavy (non-hydrogen) atoms. The molecule has 1 N–H and O–H groups in total. The second-order valence-electron chi connectivity index (χ2n) is 5.50. The van der Waals surface area contributed by atoms with Crippen LogP contribution in [0.2, 0.25) is 0 Å². The Morgan fingerprint density at radius 1 is 1.33 bits per heavy atom. The number of alkyl halides is 2. The molecule has 0 heterocycles. The van der Waals surface area contributed by atoms with Crippen molar-refractivity contribution in [2.24, 2.45) is 5.92 Å². The average molecular weight is 299 g/mol. The molecule has 1 aliphatic carbocycles. The predicted octanol–water partition coefficient (Wildman–Crippen LogP) is 3.76. The summed E-state index contributed by atoms with van der Waals surface area (Å²) in [7, 11) is 0. The second kappa shape index (κ2) is 8.29. The summed E-state index contributed by atoms with van der Waals surface area (Å²) in [5.74, 6) is 0.998. The molecule has 0 aliphatic heterocycles. The summed E-state index contributed by atoms with van der Waals surface area (Å²) < 4.78 is 34.3. The number of ether oxygens (including phenoxy) is 2. The highest BCUT2D eigenvalue weighted by Gasteiger charge is 2.20. The lowest BCUT2D eigenvalue weighted by Crippen LogP contribution is -2.21. The standard InChI is InChI=1S/C16H23F2NO2/c1-12(19-8-3-9-20-11-13-6-7-13)14-4-2-5-15(10-14)21-16(17)18/h2,4-5,10,12-13,16,19H,3,6-9,11H2,1H3. The summed E-state index contributed by atoms with van der Waals surface area (Å²) in [6.07, 6.45) is 3.57. The third-order valence-electron chi connectivity index (χ3n) is 3.55. The topological polar surface area (TPSA) is 30.5 Å². The summed E-state index contributed by atoms with van der Waals surface area (Å²) in [5.41, 5.74) is 0.937. The van der Waals surface area contributed by atoms with Gasteiger partial charge in [-0.15, -0.1) is 0 Å². The summed E-state index contributed by atoms with van der Waals surface area (Å²) in [5, 5.41) is 3.36. The molecule has 1 fully saturated rings. The summed E-state index contributed by atoms with van der Waals surface area (Å²) >= 11 is 0. The molecule has 1 aromatic carbocycles. The summed E-state index contributed by atoms with van der Waals surface area (Å²) in [6.45, 7) is 1.72. The van der Waals surface area contributed by atoms with E-state index in [0.29, 0.717) is 0 Å². The van der Waals surface area contributed by atoms with E-state index in [1.54, 1.807) is 12.1 Å². The van der Waals surface area contributed by atoms with Crippen LogP contribution in [0.3, 0.4) is 0 Å². The largest absolute Gasteiger partial charge is 0.435 e. The zero-order valence-corrected chi connectivity index (χ0v) is 12.4. The summed E-state index contributed by atoms with van der Waals surface area (Å²) in [4.78, 5) is 0. The average Bonchev–Trinajstić information content (AvgIpc) is 3.26. The van der Waals surface area contributed by atoms with Crippen LogP contribution in [0.5, 0.6) is 5.75 Å². The fourth-order valence-electron chi connectivity index (χ4n) is 2.11. The van der Waals surface area contributed by atoms with Gasteiger partial charge in [-0.3, -0.25) is 0 Å². The van der Waals surface area contributed by atoms with Gasteiger partial charge in [0.05, 0.1) is 0 Å². The van der Waals surface area contributed by atoms with E-state index >= 15 is 0 Å². The highest BCUT2D eigenvalue weighted by molar-refractivity contribution is 5.30. The smallest absolute Gasteiger partial charge is 0.387 e. The molecular weight excluding hydrogens is 276 g/mol. The van der Waals surface area contributed by atoms with Crippen LogP contribution < -0.4 is 10.1 Å². The van der Waals surface area contributed by atoms with Gasteiger partial charge in [0.15, 0.2) is 0 Å². The molecule has 1 atom stereocenters. The van der Waals surface area contributed by atoms with E-state index in [4.69, 9.17) is 4.74 Å². The lowest BCUT2D eigenvalue weighted by atomic mass is 10.1. The third-order valence-corrected chi connectivity index (χ3v) is 3.55. The molecule has 0 bridgehead atoms. The molecule has 118 valence electrons. The van der Waals surface area contributed by atoms with Gasteiger partial charge in [-0.2, -0.15) is 8.78 Å². The first kappa shape index (κ1) is 16.2. The second-order valence-corrected chi connectivity index (χ2v) is 5.50. The predicted molar refractivity (Wildman–Crippen MR) is 77.7 cm³/mol. The molecule has 0 radical (unpaired) electrons. The zero-order valence-electron chi connectivity index (χ0n) is 12.4. The summed E-state index contributed by atoms with van der Waals surface area (Å²) in [6, 6.07) is 6.90. The van der Waals surface area contributed by atoms with Gasteiger partial charge >= 0.3 is 6.61 Å². The number of halogens is 2. The van der Waals surface area contributed by atoms with Crippen LogP contribution in [0, 0.1) is 5.92 Å². The van der Waals surface area contributed by atoms with Crippen LogP contribution in [0.4, 0.5) is 8.78 Å². The van der Waals surface area contributed by atoms with Crippen LogP contribution in [0.1, 0.15) is 37.8 Å². The maximum absolute atomic E-state index is 12.2. The minimum atomic E-state index is -2.79. The van der Waals surface area contributed by atoms with E-state index in [1.165, 1.54) is 18.9 Å². The van der Waals surface area contributed by atoms with E-state index in [9.17, 15) is 8.78 Å². The van der Waals surface area contributed by atoms with E-state index < -0.39 is 6.61 Å². The Kier molecular flexibility index (Phi) is 6.39. The van der Waals surface area contributed by atoms with Crippen molar-refractivity contribution >= 4 is 0 Å². The monoisotopic (exact) mass is 299 g/mol. The van der Waals surface area contributed by atoms with Gasteiger partial charge in [0.25, 0.3) is 0 Å². The first-order valence-electron chi connectivity index (χ1n) is 7.51. The Labute approximate surface area is 124 Å². The van der Waals surface area contributed by atoms with Crippen molar-refractivity contribution in [2.45, 2.75) is 38.8 Å². The van der Waals surface area contributed by atoms with Crippen molar-refractivity contribution in [1.29, 1.82) is 0 Å². The van der Waals surface area contributed by atoms with Gasteiger partial charge in [-0.25, -0.2) is 0 Å². The molecule has 5 heteroatoms. The Morgan fingerprint density at radius 3 is 2.86 bits per heavy atom. The number of hydrogen-bond acceptors (Lipinski definition) is 3. The molecule has 0 amide bonds. The molecule has 1 aromatic rings. The Bertz CT molecular complexity index is 424. The number of rotatable bonds is 10. The van der Waals surface area contributed by atoms with Crippen LogP contribution in [-0.2, 0) is 4.74 Å². The van der Waals surface area contributed by atoms with E-state index in [-0.39, 0.29) is 11.8 Å². The molecule has 0 saturated heterocycles. The van der Waals surface area contributed by atoms with E-state index in [2.05, 4.69) is 10.1 Å². The lowest BCUT2D eigenvalue weighted by molar-refractivity contribution is -0.0499. The molecule has 1 unspecified atom stereocenters. The molecule has 1 aliphatic rings. The fraction of sp³-hybridized carbons (Fsp3) is 0.625. The maximum Gasteiger partial charge on any atom is 0.387 e. The van der Waals surface area contributed by atoms with Crippen molar-refractivity contribution in [2.75, 3.05) is 19.8 Å². The molecule has 2 rings (SSSR count). The van der Waals surface area contributed by atoms with Gasteiger partial charge in [0, 0.05) is 19.3 Å². The fourth-order valence-corrected chi connectivity index (χ4v) is 2.11. The molecule has 0 aromatic heterocycles. The number of hydrogen-bond donors (Lipinski definition) is 1. The van der Waals surface area contributed by atoms with Crippen LogP contribution in [0.15, 0.2) is 24.3 Å². The Hall–Kier alpha value is -1.20. The molecule has 1 saturated carbocycles. The normalized spacial score (nSPS) is 16.2. The van der Waals surface area contributed by atoms with Crippen molar-refractivity contribution in [3.63, 3.8) is 0 Å². The van der Waals surface area contributed by atoms with Crippen molar-refractivity contribution in [3.05, 3.63) is 29.8 Å². The van der Waals surface area contributed by atoms with Gasteiger partial charge in [-0.1, -0.05) is 12.1 Å². The third kappa shape index (κ3) is 6.40. The maximum atomic E-state index is 12.2. The SMILES string of the molecule is CC(NCCCOCC1CC1)c1cccc(OC(F)F)c1. The number of benzene rings is 1. The highest BCUT2D eigenvalue weighted by atomic mass is 19.3. The van der Waals surface area contributed by atoms with Gasteiger partial charge in [0.2, 0.25) is 0 Å². The van der Waals surface area contributed by atoms with Crippen LogP contribution >= 0.6 is 0 Å². The van der Waals surface area contributed by atoms with Crippen molar-refractivity contribution in [1.82, 2.24) is 5.32 Å².